The van der Waals surface area contributed by atoms with E-state index in [2.05, 4.69) is 48.6 Å². The van der Waals surface area contributed by atoms with Crippen LogP contribution in [0.1, 0.15) is 16.7 Å². The van der Waals surface area contributed by atoms with Gasteiger partial charge in [-0.3, -0.25) is 0 Å². The van der Waals surface area contributed by atoms with E-state index in [9.17, 15) is 4.39 Å². The quantitative estimate of drug-likeness (QED) is 0.869. The van der Waals surface area contributed by atoms with Crippen LogP contribution in [0.25, 0.3) is 0 Å². The monoisotopic (exact) mass is 272 g/mol. The molecule has 0 aromatic heterocycles. The molecule has 0 aliphatic carbocycles. The first-order valence-electron chi connectivity index (χ1n) is 6.82. The Morgan fingerprint density at radius 1 is 0.900 bits per heavy atom. The third-order valence-electron chi connectivity index (χ3n) is 3.16. The van der Waals surface area contributed by atoms with Crippen LogP contribution < -0.4 is 5.32 Å². The lowest BCUT2D eigenvalue weighted by atomic mass is 10.1. The zero-order valence-corrected chi connectivity index (χ0v) is 12.1. The van der Waals surface area contributed by atoms with Crippen LogP contribution in [0.3, 0.4) is 0 Å². The van der Waals surface area contributed by atoms with Gasteiger partial charge in [-0.1, -0.05) is 36.4 Å². The number of benzene rings is 2. The molecular weight excluding hydrogens is 251 g/mol. The summed E-state index contributed by atoms with van der Waals surface area (Å²) in [6.45, 7) is 2.51. The Bertz CT molecular complexity index is 535. The van der Waals surface area contributed by atoms with Crippen molar-refractivity contribution in [2.24, 2.45) is 0 Å². The van der Waals surface area contributed by atoms with Crippen LogP contribution in [0.5, 0.6) is 0 Å². The molecule has 2 nitrogen and oxygen atoms in total. The van der Waals surface area contributed by atoms with Gasteiger partial charge in [0.1, 0.15) is 5.82 Å². The molecule has 0 unspecified atom stereocenters. The van der Waals surface area contributed by atoms with E-state index in [4.69, 9.17) is 0 Å². The van der Waals surface area contributed by atoms with Crippen LogP contribution in [0.2, 0.25) is 0 Å². The molecule has 1 N–H and O–H groups in total. The summed E-state index contributed by atoms with van der Waals surface area (Å²) in [5.74, 6) is -0.190. The number of hydrogen-bond donors (Lipinski definition) is 1. The molecule has 0 spiro atoms. The molecule has 106 valence electrons. The van der Waals surface area contributed by atoms with E-state index in [1.165, 1.54) is 23.3 Å². The molecule has 0 saturated carbocycles. The average Bonchev–Trinajstić information content (AvgIpc) is 2.42. The molecule has 3 heteroatoms. The number of hydrogen-bond acceptors (Lipinski definition) is 2. The topological polar surface area (TPSA) is 15.3 Å². The minimum Gasteiger partial charge on any atom is -0.309 e. The fraction of sp³-hybridized carbons (Fsp3) is 0.294. The van der Waals surface area contributed by atoms with Crippen LogP contribution in [0.15, 0.2) is 48.5 Å². The van der Waals surface area contributed by atoms with Crippen LogP contribution in [0.4, 0.5) is 4.39 Å². The molecule has 0 aliphatic rings. The lowest BCUT2D eigenvalue weighted by Gasteiger charge is -2.14. The Balaban J connectivity index is 1.92. The summed E-state index contributed by atoms with van der Waals surface area (Å²) >= 11 is 0. The minimum absolute atomic E-state index is 0.190. The number of halogens is 1. The Kier molecular flexibility index (Phi) is 5.27. The van der Waals surface area contributed by atoms with Crippen LogP contribution in [0, 0.1) is 5.82 Å². The fourth-order valence-corrected chi connectivity index (χ4v) is 2.17. The van der Waals surface area contributed by atoms with Gasteiger partial charge in [0.15, 0.2) is 0 Å². The van der Waals surface area contributed by atoms with Gasteiger partial charge in [-0.25, -0.2) is 4.39 Å². The van der Waals surface area contributed by atoms with Gasteiger partial charge in [0.2, 0.25) is 0 Å². The highest BCUT2D eigenvalue weighted by Crippen LogP contribution is 2.11. The first kappa shape index (κ1) is 14.7. The zero-order chi connectivity index (χ0) is 14.4. The zero-order valence-electron chi connectivity index (χ0n) is 12.1. The standard InChI is InChI=1S/C17H21FN2/c1-20(2)13-16-6-4-3-5-15(16)12-19-11-14-7-9-17(18)10-8-14/h3-10,19H,11-13H2,1-2H3. The van der Waals surface area contributed by atoms with Crippen LogP contribution in [-0.2, 0) is 19.6 Å². The number of rotatable bonds is 6. The van der Waals surface area contributed by atoms with Gasteiger partial charge < -0.3 is 10.2 Å². The van der Waals surface area contributed by atoms with Gasteiger partial charge in [0.25, 0.3) is 0 Å². The number of nitrogens with one attached hydrogen (secondary N) is 1. The Morgan fingerprint density at radius 3 is 2.20 bits per heavy atom. The largest absolute Gasteiger partial charge is 0.309 e. The second-order valence-corrected chi connectivity index (χ2v) is 5.24. The third-order valence-corrected chi connectivity index (χ3v) is 3.16. The molecule has 2 rings (SSSR count). The van der Waals surface area contributed by atoms with Crippen LogP contribution >= 0.6 is 0 Å². The molecule has 0 atom stereocenters. The van der Waals surface area contributed by atoms with Crippen molar-refractivity contribution in [3.05, 3.63) is 71.0 Å². The van der Waals surface area contributed by atoms with E-state index in [0.717, 1.165) is 25.2 Å². The Labute approximate surface area is 120 Å². The van der Waals surface area contributed by atoms with E-state index < -0.39 is 0 Å². The van der Waals surface area contributed by atoms with E-state index in [1.807, 2.05) is 12.1 Å². The second-order valence-electron chi connectivity index (χ2n) is 5.24. The molecule has 0 saturated heterocycles. The van der Waals surface area contributed by atoms with Gasteiger partial charge in [-0.15, -0.1) is 0 Å². The van der Waals surface area contributed by atoms with E-state index in [-0.39, 0.29) is 5.82 Å². The van der Waals surface area contributed by atoms with E-state index >= 15 is 0 Å². The highest BCUT2D eigenvalue weighted by atomic mass is 19.1. The summed E-state index contributed by atoms with van der Waals surface area (Å²) < 4.78 is 12.8. The van der Waals surface area contributed by atoms with Gasteiger partial charge in [-0.05, 0) is 42.9 Å². The molecule has 0 aliphatic heterocycles. The van der Waals surface area contributed by atoms with Gasteiger partial charge >= 0.3 is 0 Å². The predicted octanol–water partition coefficient (Wildman–Crippen LogP) is 3.18. The van der Waals surface area contributed by atoms with Crippen LogP contribution in [-0.4, -0.2) is 19.0 Å². The lowest BCUT2D eigenvalue weighted by Crippen LogP contribution is -2.17. The van der Waals surface area contributed by atoms with Crippen molar-refractivity contribution in [2.45, 2.75) is 19.6 Å². The smallest absolute Gasteiger partial charge is 0.123 e. The molecular formula is C17H21FN2. The van der Waals surface area contributed by atoms with E-state index in [0.29, 0.717) is 0 Å². The SMILES string of the molecule is CN(C)Cc1ccccc1CNCc1ccc(F)cc1. The Hall–Kier alpha value is -1.71. The minimum atomic E-state index is -0.190. The second kappa shape index (κ2) is 7.17. The van der Waals surface area contributed by atoms with Crippen molar-refractivity contribution in [3.8, 4) is 0 Å². The summed E-state index contributed by atoms with van der Waals surface area (Å²) in [5.41, 5.74) is 3.74. The van der Waals surface area contributed by atoms with Crippen molar-refractivity contribution in [1.82, 2.24) is 10.2 Å². The Morgan fingerprint density at radius 2 is 1.55 bits per heavy atom. The fourth-order valence-electron chi connectivity index (χ4n) is 2.17. The first-order chi connectivity index (χ1) is 9.65. The van der Waals surface area contributed by atoms with Gasteiger partial charge in [0.05, 0.1) is 0 Å². The van der Waals surface area contributed by atoms with E-state index in [1.54, 1.807) is 0 Å². The maximum absolute atomic E-state index is 12.8. The maximum Gasteiger partial charge on any atom is 0.123 e. The molecule has 0 bridgehead atoms. The molecule has 0 fully saturated rings. The molecule has 2 aromatic rings. The van der Waals surface area contributed by atoms with Gasteiger partial charge in [0, 0.05) is 19.6 Å². The molecule has 0 radical (unpaired) electrons. The van der Waals surface area contributed by atoms with Crippen molar-refractivity contribution in [1.29, 1.82) is 0 Å². The normalized spacial score (nSPS) is 11.0. The molecule has 0 amide bonds. The summed E-state index contributed by atoms with van der Waals surface area (Å²) in [4.78, 5) is 2.17. The van der Waals surface area contributed by atoms with Crippen molar-refractivity contribution >= 4 is 0 Å². The lowest BCUT2D eigenvalue weighted by molar-refractivity contribution is 0.400. The summed E-state index contributed by atoms with van der Waals surface area (Å²) in [7, 11) is 4.14. The molecule has 0 heterocycles. The third kappa shape index (κ3) is 4.44. The molecule has 20 heavy (non-hydrogen) atoms. The molecule has 2 aromatic carbocycles. The van der Waals surface area contributed by atoms with Crippen molar-refractivity contribution in [3.63, 3.8) is 0 Å². The first-order valence-corrected chi connectivity index (χ1v) is 6.82. The van der Waals surface area contributed by atoms with Crippen molar-refractivity contribution < 1.29 is 4.39 Å². The average molecular weight is 272 g/mol. The summed E-state index contributed by atoms with van der Waals surface area (Å²) in [6, 6.07) is 15.1. The van der Waals surface area contributed by atoms with Gasteiger partial charge in [-0.2, -0.15) is 0 Å². The predicted molar refractivity (Wildman–Crippen MR) is 80.8 cm³/mol. The summed E-state index contributed by atoms with van der Waals surface area (Å²) in [5, 5.41) is 3.41. The highest BCUT2D eigenvalue weighted by molar-refractivity contribution is 5.27. The van der Waals surface area contributed by atoms with Crippen molar-refractivity contribution in [2.75, 3.05) is 14.1 Å². The number of nitrogens with zero attached hydrogens (tertiary/aromatic N) is 1. The highest BCUT2D eigenvalue weighted by Gasteiger charge is 2.02. The summed E-state index contributed by atoms with van der Waals surface area (Å²) in [6.07, 6.45) is 0. The maximum atomic E-state index is 12.8.